The van der Waals surface area contributed by atoms with Crippen LogP contribution in [0.4, 0.5) is 0 Å². The predicted molar refractivity (Wildman–Crippen MR) is 124 cm³/mol. The number of likely N-dealkylation sites (tertiary alicyclic amines) is 2. The van der Waals surface area contributed by atoms with Gasteiger partial charge in [-0.05, 0) is 44.1 Å². The van der Waals surface area contributed by atoms with E-state index < -0.39 is 0 Å². The average molecular weight is 493 g/mol. The number of amides is 1. The lowest BCUT2D eigenvalue weighted by atomic mass is 9.92. The van der Waals surface area contributed by atoms with E-state index in [0.717, 1.165) is 50.3 Å². The van der Waals surface area contributed by atoms with E-state index in [-0.39, 0.29) is 29.9 Å². The van der Waals surface area contributed by atoms with Crippen molar-refractivity contribution in [3.63, 3.8) is 0 Å². The summed E-state index contributed by atoms with van der Waals surface area (Å²) in [6.45, 7) is 13.0. The first kappa shape index (κ1) is 24.5. The summed E-state index contributed by atoms with van der Waals surface area (Å²) in [5, 5.41) is 6.89. The number of aliphatic imine (C=N–C) groups is 1. The number of halogens is 1. The zero-order valence-corrected chi connectivity index (χ0v) is 20.0. The second-order valence-electron chi connectivity index (χ2n) is 8.23. The molecule has 3 unspecified atom stereocenters. The highest BCUT2D eigenvalue weighted by Gasteiger charge is 2.25. The molecule has 3 atom stereocenters. The molecule has 0 aromatic carbocycles. The van der Waals surface area contributed by atoms with Gasteiger partial charge in [0.1, 0.15) is 0 Å². The van der Waals surface area contributed by atoms with E-state index in [4.69, 9.17) is 0 Å². The fourth-order valence-corrected chi connectivity index (χ4v) is 4.36. The fourth-order valence-electron chi connectivity index (χ4n) is 4.36. The number of unbranched alkanes of at least 4 members (excludes halogenated alkanes) is 1. The third kappa shape index (κ3) is 8.54. The first-order chi connectivity index (χ1) is 12.5. The highest BCUT2D eigenvalue weighted by Crippen LogP contribution is 2.20. The van der Waals surface area contributed by atoms with E-state index in [1.807, 2.05) is 18.9 Å². The molecule has 7 heteroatoms. The van der Waals surface area contributed by atoms with Gasteiger partial charge in [0.05, 0.1) is 0 Å². The number of rotatable bonds is 7. The SMILES string of the molecule is CCC(=O)N1CCC(NC(=NC)NCCCCN2CC(C)CC(C)C2)C1.I. The van der Waals surface area contributed by atoms with Crippen LogP contribution in [0.1, 0.15) is 52.9 Å². The molecule has 6 nitrogen and oxygen atoms in total. The van der Waals surface area contributed by atoms with Crippen LogP contribution in [0.25, 0.3) is 0 Å². The predicted octanol–water partition coefficient (Wildman–Crippen LogP) is 2.54. The van der Waals surface area contributed by atoms with Crippen molar-refractivity contribution >= 4 is 35.8 Å². The number of piperidine rings is 1. The van der Waals surface area contributed by atoms with Crippen LogP contribution in [0.5, 0.6) is 0 Å². The molecule has 0 saturated carbocycles. The van der Waals surface area contributed by atoms with Crippen molar-refractivity contribution in [2.24, 2.45) is 16.8 Å². The van der Waals surface area contributed by atoms with Crippen LogP contribution in [-0.2, 0) is 4.79 Å². The Balaban J connectivity index is 0.00000364. The number of nitrogens with zero attached hydrogens (tertiary/aromatic N) is 3. The molecule has 0 radical (unpaired) electrons. The van der Waals surface area contributed by atoms with Gasteiger partial charge >= 0.3 is 0 Å². The maximum atomic E-state index is 11.8. The highest BCUT2D eigenvalue weighted by atomic mass is 127. The summed E-state index contributed by atoms with van der Waals surface area (Å²) in [4.78, 5) is 20.7. The van der Waals surface area contributed by atoms with Crippen molar-refractivity contribution in [2.75, 3.05) is 46.3 Å². The minimum atomic E-state index is 0. The smallest absolute Gasteiger partial charge is 0.222 e. The van der Waals surface area contributed by atoms with Gasteiger partial charge in [0.25, 0.3) is 0 Å². The third-order valence-electron chi connectivity index (χ3n) is 5.55. The van der Waals surface area contributed by atoms with Gasteiger partial charge in [0.2, 0.25) is 5.91 Å². The maximum Gasteiger partial charge on any atom is 0.222 e. The van der Waals surface area contributed by atoms with Crippen molar-refractivity contribution in [1.82, 2.24) is 20.4 Å². The molecule has 0 spiro atoms. The molecule has 0 aromatic heterocycles. The first-order valence-electron chi connectivity index (χ1n) is 10.5. The lowest BCUT2D eigenvalue weighted by Crippen LogP contribution is -2.45. The fraction of sp³-hybridized carbons (Fsp3) is 0.900. The highest BCUT2D eigenvalue weighted by molar-refractivity contribution is 14.0. The summed E-state index contributed by atoms with van der Waals surface area (Å²) in [5.41, 5.74) is 0. The first-order valence-corrected chi connectivity index (χ1v) is 10.5. The molecular weight excluding hydrogens is 453 g/mol. The Morgan fingerprint density at radius 3 is 2.48 bits per heavy atom. The molecule has 2 aliphatic heterocycles. The van der Waals surface area contributed by atoms with E-state index in [1.165, 1.54) is 32.5 Å². The standard InChI is InChI=1S/C20H39N5O.HI/c1-5-19(26)25-11-8-18(15-25)23-20(21-4)22-9-6-7-10-24-13-16(2)12-17(3)14-24;/h16-18H,5-15H2,1-4H3,(H2,21,22,23);1H. The number of carbonyl (C=O) groups is 1. The Bertz CT molecular complexity index is 463. The van der Waals surface area contributed by atoms with E-state index >= 15 is 0 Å². The molecule has 2 heterocycles. The van der Waals surface area contributed by atoms with Crippen molar-refractivity contribution < 1.29 is 4.79 Å². The van der Waals surface area contributed by atoms with E-state index in [9.17, 15) is 4.79 Å². The molecule has 2 rings (SSSR count). The Morgan fingerprint density at radius 1 is 1.15 bits per heavy atom. The normalized spacial score (nSPS) is 26.6. The van der Waals surface area contributed by atoms with Gasteiger partial charge in [-0.3, -0.25) is 9.79 Å². The number of hydrogen-bond donors (Lipinski definition) is 2. The number of hydrogen-bond acceptors (Lipinski definition) is 3. The zero-order valence-electron chi connectivity index (χ0n) is 17.7. The molecule has 0 aromatic rings. The second kappa shape index (κ2) is 12.8. The third-order valence-corrected chi connectivity index (χ3v) is 5.55. The molecule has 2 aliphatic rings. The van der Waals surface area contributed by atoms with Gasteiger partial charge in [-0.25, -0.2) is 0 Å². The monoisotopic (exact) mass is 493 g/mol. The van der Waals surface area contributed by atoms with Crippen LogP contribution in [0.15, 0.2) is 4.99 Å². The van der Waals surface area contributed by atoms with Gasteiger partial charge < -0.3 is 20.4 Å². The molecule has 1 amide bonds. The molecular formula is C20H40IN5O. The average Bonchev–Trinajstić information content (AvgIpc) is 3.07. The van der Waals surface area contributed by atoms with Crippen molar-refractivity contribution in [3.05, 3.63) is 0 Å². The topological polar surface area (TPSA) is 60.0 Å². The minimum Gasteiger partial charge on any atom is -0.356 e. The summed E-state index contributed by atoms with van der Waals surface area (Å²) in [7, 11) is 1.82. The largest absolute Gasteiger partial charge is 0.356 e. The van der Waals surface area contributed by atoms with E-state index in [2.05, 4.69) is 34.4 Å². The summed E-state index contributed by atoms with van der Waals surface area (Å²) in [6, 6.07) is 0.313. The lowest BCUT2D eigenvalue weighted by molar-refractivity contribution is -0.129. The molecule has 2 fully saturated rings. The van der Waals surface area contributed by atoms with Crippen LogP contribution in [0.3, 0.4) is 0 Å². The van der Waals surface area contributed by atoms with Gasteiger partial charge in [-0.1, -0.05) is 20.8 Å². The van der Waals surface area contributed by atoms with E-state index in [1.54, 1.807) is 0 Å². The summed E-state index contributed by atoms with van der Waals surface area (Å²) < 4.78 is 0. The van der Waals surface area contributed by atoms with Crippen LogP contribution >= 0.6 is 24.0 Å². The number of nitrogens with one attached hydrogen (secondary N) is 2. The van der Waals surface area contributed by atoms with Crippen molar-refractivity contribution in [2.45, 2.75) is 58.9 Å². The summed E-state index contributed by atoms with van der Waals surface area (Å²) in [6.07, 6.45) is 5.35. The zero-order chi connectivity index (χ0) is 18.9. The number of guanidine groups is 1. The van der Waals surface area contributed by atoms with Crippen LogP contribution < -0.4 is 10.6 Å². The van der Waals surface area contributed by atoms with Crippen LogP contribution in [-0.4, -0.2) is 74.0 Å². The second-order valence-corrected chi connectivity index (χ2v) is 8.23. The minimum absolute atomic E-state index is 0. The molecule has 2 N–H and O–H groups in total. The van der Waals surface area contributed by atoms with Crippen molar-refractivity contribution in [1.29, 1.82) is 0 Å². The Morgan fingerprint density at radius 2 is 1.85 bits per heavy atom. The van der Waals surface area contributed by atoms with Gasteiger partial charge in [-0.15, -0.1) is 24.0 Å². The summed E-state index contributed by atoms with van der Waals surface area (Å²) >= 11 is 0. The lowest BCUT2D eigenvalue weighted by Gasteiger charge is -2.34. The quantitative estimate of drug-likeness (QED) is 0.248. The summed E-state index contributed by atoms with van der Waals surface area (Å²) in [5.74, 6) is 2.79. The molecule has 0 bridgehead atoms. The Kier molecular flexibility index (Phi) is 11.6. The Labute approximate surface area is 182 Å². The number of carbonyl (C=O) groups excluding carboxylic acids is 1. The maximum absolute atomic E-state index is 11.8. The van der Waals surface area contributed by atoms with Gasteiger partial charge in [0, 0.05) is 52.2 Å². The van der Waals surface area contributed by atoms with Gasteiger partial charge in [-0.2, -0.15) is 0 Å². The van der Waals surface area contributed by atoms with Gasteiger partial charge in [0.15, 0.2) is 5.96 Å². The molecule has 158 valence electrons. The van der Waals surface area contributed by atoms with Crippen LogP contribution in [0.2, 0.25) is 0 Å². The van der Waals surface area contributed by atoms with Crippen molar-refractivity contribution in [3.8, 4) is 0 Å². The van der Waals surface area contributed by atoms with Crippen LogP contribution in [0, 0.1) is 11.8 Å². The molecule has 27 heavy (non-hydrogen) atoms. The Hall–Kier alpha value is -0.570. The molecule has 2 saturated heterocycles. The van der Waals surface area contributed by atoms with E-state index in [0.29, 0.717) is 12.5 Å². The molecule has 0 aliphatic carbocycles.